The van der Waals surface area contributed by atoms with E-state index in [0.717, 1.165) is 12.1 Å². The van der Waals surface area contributed by atoms with Crippen LogP contribution in [0.1, 0.15) is 25.0 Å². The molecule has 0 aliphatic carbocycles. The van der Waals surface area contributed by atoms with Gasteiger partial charge in [-0.25, -0.2) is 0 Å². The van der Waals surface area contributed by atoms with Gasteiger partial charge in [0.05, 0.1) is 5.56 Å². The molecule has 114 valence electrons. The topological polar surface area (TPSA) is 27.7 Å². The first-order chi connectivity index (χ1) is 9.22. The molecule has 0 aliphatic heterocycles. The molecule has 0 fully saturated rings. The largest absolute Gasteiger partial charge is 0.505 e. The summed E-state index contributed by atoms with van der Waals surface area (Å²) in [5, 5.41) is 0. The van der Waals surface area contributed by atoms with Crippen LogP contribution in [0.15, 0.2) is 24.3 Å². The molecule has 20 heavy (non-hydrogen) atoms. The van der Waals surface area contributed by atoms with E-state index in [4.69, 9.17) is 13.3 Å². The highest BCUT2D eigenvalue weighted by molar-refractivity contribution is 6.60. The van der Waals surface area contributed by atoms with E-state index in [2.05, 4.69) is 0 Å². The predicted molar refractivity (Wildman–Crippen MR) is 71.1 cm³/mol. The molecule has 0 atom stereocenters. The van der Waals surface area contributed by atoms with Crippen molar-refractivity contribution in [1.82, 2.24) is 0 Å². The Kier molecular flexibility index (Phi) is 5.75. The fraction of sp³-hybridized carbons (Fsp3) is 0.538. The summed E-state index contributed by atoms with van der Waals surface area (Å²) in [6, 6.07) is 5.32. The van der Waals surface area contributed by atoms with E-state index in [1.54, 1.807) is 6.07 Å². The van der Waals surface area contributed by atoms with Crippen molar-refractivity contribution in [3.05, 3.63) is 35.4 Å². The van der Waals surface area contributed by atoms with E-state index in [1.807, 2.05) is 13.8 Å². The van der Waals surface area contributed by atoms with Gasteiger partial charge in [0.25, 0.3) is 0 Å². The van der Waals surface area contributed by atoms with Gasteiger partial charge in [-0.1, -0.05) is 18.2 Å². The van der Waals surface area contributed by atoms with Crippen LogP contribution in [0, 0.1) is 0 Å². The van der Waals surface area contributed by atoms with E-state index in [1.165, 1.54) is 20.3 Å². The van der Waals surface area contributed by atoms with E-state index < -0.39 is 20.5 Å². The summed E-state index contributed by atoms with van der Waals surface area (Å²) in [7, 11) is -0.0965. The number of hydrogen-bond donors (Lipinski definition) is 0. The van der Waals surface area contributed by atoms with Crippen LogP contribution < -0.4 is 0 Å². The first-order valence-corrected chi connectivity index (χ1v) is 8.10. The van der Waals surface area contributed by atoms with E-state index >= 15 is 0 Å². The minimum Gasteiger partial charge on any atom is -0.377 e. The van der Waals surface area contributed by atoms with Crippen LogP contribution in [0.5, 0.6) is 0 Å². The van der Waals surface area contributed by atoms with Gasteiger partial charge in [0.15, 0.2) is 0 Å². The lowest BCUT2D eigenvalue weighted by Gasteiger charge is -2.28. The van der Waals surface area contributed by atoms with Crippen LogP contribution >= 0.6 is 0 Å². The molecule has 1 aromatic carbocycles. The van der Waals surface area contributed by atoms with Gasteiger partial charge >= 0.3 is 15.0 Å². The summed E-state index contributed by atoms with van der Waals surface area (Å²) in [6.45, 7) is 3.65. The number of alkyl halides is 3. The summed E-state index contributed by atoms with van der Waals surface area (Å²) >= 11 is 0. The Morgan fingerprint density at radius 2 is 1.75 bits per heavy atom. The molecule has 1 rings (SSSR count). The van der Waals surface area contributed by atoms with Gasteiger partial charge in [0.1, 0.15) is 0 Å². The second-order valence-corrected chi connectivity index (χ2v) is 7.40. The van der Waals surface area contributed by atoms with E-state index in [-0.39, 0.29) is 12.1 Å². The lowest BCUT2D eigenvalue weighted by molar-refractivity contribution is -0.137. The third kappa shape index (κ3) is 4.59. The van der Waals surface area contributed by atoms with Gasteiger partial charge in [-0.3, -0.25) is 0 Å². The van der Waals surface area contributed by atoms with Gasteiger partial charge in [-0.15, -0.1) is 0 Å². The highest BCUT2D eigenvalue weighted by Gasteiger charge is 2.41. The Morgan fingerprint density at radius 1 is 1.15 bits per heavy atom. The Balaban J connectivity index is 3.00. The van der Waals surface area contributed by atoms with Crippen LogP contribution in [0.2, 0.25) is 0 Å². The highest BCUT2D eigenvalue weighted by Crippen LogP contribution is 2.30. The zero-order valence-corrected chi connectivity index (χ0v) is 13.0. The number of halogens is 3. The molecule has 0 aromatic heterocycles. The molecule has 3 nitrogen and oxygen atoms in total. The fourth-order valence-electron chi connectivity index (χ4n) is 1.83. The SMILES string of the molecule is CO[Si](Cc1cccc(C(F)(F)F)c1)(OC)OC(C)C. The average Bonchev–Trinajstić information content (AvgIpc) is 2.36. The maximum atomic E-state index is 12.7. The number of rotatable bonds is 6. The Labute approximate surface area is 118 Å². The zero-order chi connectivity index (χ0) is 15.4. The first kappa shape index (κ1) is 17.2. The quantitative estimate of drug-likeness (QED) is 0.753. The molecular formula is C13H19F3O3Si. The average molecular weight is 308 g/mol. The van der Waals surface area contributed by atoms with Crippen molar-refractivity contribution in [2.75, 3.05) is 14.2 Å². The highest BCUT2D eigenvalue weighted by atomic mass is 28.4. The maximum absolute atomic E-state index is 12.7. The van der Waals surface area contributed by atoms with Crippen molar-refractivity contribution in [2.24, 2.45) is 0 Å². The standard InChI is InChI=1S/C13H19F3O3Si/c1-10(2)19-20(17-3,18-4)9-11-6-5-7-12(8-11)13(14,15)16/h5-8,10H,9H2,1-4H3. The molecule has 0 N–H and O–H groups in total. The van der Waals surface area contributed by atoms with Gasteiger partial charge in [0, 0.05) is 26.4 Å². The molecule has 0 saturated heterocycles. The Morgan fingerprint density at radius 3 is 2.20 bits per heavy atom. The third-order valence-electron chi connectivity index (χ3n) is 2.71. The van der Waals surface area contributed by atoms with Gasteiger partial charge in [0.2, 0.25) is 0 Å². The molecular weight excluding hydrogens is 289 g/mol. The van der Waals surface area contributed by atoms with E-state index in [0.29, 0.717) is 5.56 Å². The number of hydrogen-bond acceptors (Lipinski definition) is 3. The molecule has 1 aromatic rings. The summed E-state index contributed by atoms with van der Waals surface area (Å²) in [5.74, 6) is 0. The first-order valence-electron chi connectivity index (χ1n) is 6.16. The van der Waals surface area contributed by atoms with E-state index in [9.17, 15) is 13.2 Å². The van der Waals surface area contributed by atoms with Crippen LogP contribution in [0.25, 0.3) is 0 Å². The van der Waals surface area contributed by atoms with Crippen molar-refractivity contribution in [3.8, 4) is 0 Å². The molecule has 0 aliphatic rings. The summed E-state index contributed by atoms with van der Waals surface area (Å²) < 4.78 is 54.4. The molecule has 0 unspecified atom stereocenters. The lowest BCUT2D eigenvalue weighted by atomic mass is 10.1. The monoisotopic (exact) mass is 308 g/mol. The molecule has 0 amide bonds. The van der Waals surface area contributed by atoms with Crippen molar-refractivity contribution in [1.29, 1.82) is 0 Å². The van der Waals surface area contributed by atoms with Crippen molar-refractivity contribution >= 4 is 8.80 Å². The Hall–Kier alpha value is -0.893. The Bertz CT molecular complexity index is 431. The summed E-state index contributed by atoms with van der Waals surface area (Å²) in [5.41, 5.74) is -0.203. The molecule has 0 saturated carbocycles. The molecule has 0 heterocycles. The molecule has 0 spiro atoms. The van der Waals surface area contributed by atoms with Gasteiger partial charge in [-0.05, 0) is 25.5 Å². The molecule has 0 radical (unpaired) electrons. The zero-order valence-electron chi connectivity index (χ0n) is 12.0. The smallest absolute Gasteiger partial charge is 0.377 e. The van der Waals surface area contributed by atoms with Crippen LogP contribution in [0.3, 0.4) is 0 Å². The molecule has 0 bridgehead atoms. The minimum atomic E-state index is -4.36. The fourth-order valence-corrected chi connectivity index (χ4v) is 4.00. The number of benzene rings is 1. The summed E-state index contributed by atoms with van der Waals surface area (Å²) in [4.78, 5) is 0. The van der Waals surface area contributed by atoms with Crippen molar-refractivity contribution in [2.45, 2.75) is 32.2 Å². The van der Waals surface area contributed by atoms with Crippen LogP contribution in [0.4, 0.5) is 13.2 Å². The molecule has 7 heteroatoms. The van der Waals surface area contributed by atoms with Crippen molar-refractivity contribution in [3.63, 3.8) is 0 Å². The normalized spacial score (nSPS) is 13.0. The third-order valence-corrected chi connectivity index (χ3v) is 5.63. The predicted octanol–water partition coefficient (Wildman–Crippen LogP) is 3.44. The van der Waals surface area contributed by atoms with Gasteiger partial charge in [-0.2, -0.15) is 13.2 Å². The van der Waals surface area contributed by atoms with Crippen LogP contribution in [-0.2, 0) is 25.5 Å². The summed E-state index contributed by atoms with van der Waals surface area (Å²) in [6.07, 6.45) is -4.49. The van der Waals surface area contributed by atoms with Crippen molar-refractivity contribution < 1.29 is 26.4 Å². The maximum Gasteiger partial charge on any atom is 0.505 e. The van der Waals surface area contributed by atoms with Crippen LogP contribution in [-0.4, -0.2) is 29.1 Å². The second-order valence-electron chi connectivity index (χ2n) is 4.63. The lowest BCUT2D eigenvalue weighted by Crippen LogP contribution is -2.48. The second kappa shape index (κ2) is 6.71. The minimum absolute atomic E-state index is 0.132. The van der Waals surface area contributed by atoms with Gasteiger partial charge < -0.3 is 13.3 Å².